The molecule has 1 aromatic heterocycles. The highest BCUT2D eigenvalue weighted by Gasteiger charge is 2.31. The number of hydrogen-bond donors (Lipinski definition) is 1. The molecule has 2 heterocycles. The van der Waals surface area contributed by atoms with Gasteiger partial charge < -0.3 is 0 Å². The molecule has 1 aliphatic rings. The fourth-order valence-corrected chi connectivity index (χ4v) is 6.70. The molecule has 5 aromatic rings. The Morgan fingerprint density at radius 3 is 2.50 bits per heavy atom. The largest absolute Gasteiger partial charge is 0.298 e. The molecule has 0 bridgehead atoms. The Morgan fingerprint density at radius 2 is 1.67 bits per heavy atom. The summed E-state index contributed by atoms with van der Waals surface area (Å²) >= 11 is 1.36. The highest BCUT2D eigenvalue weighted by atomic mass is 32.2. The molecule has 6 rings (SSSR count). The molecule has 0 fully saturated rings. The number of nitrogens with one attached hydrogen (secondary N) is 1. The maximum Gasteiger partial charge on any atom is 0.264 e. The normalized spacial score (nSPS) is 13.1. The lowest BCUT2D eigenvalue weighted by atomic mass is 10.1. The van der Waals surface area contributed by atoms with Crippen LogP contribution >= 0.6 is 11.3 Å². The van der Waals surface area contributed by atoms with Gasteiger partial charge in [-0.2, -0.15) is 0 Å². The first kappa shape index (κ1) is 22.5. The van der Waals surface area contributed by atoms with Crippen LogP contribution in [0.3, 0.4) is 0 Å². The van der Waals surface area contributed by atoms with E-state index in [0.29, 0.717) is 29.3 Å². The van der Waals surface area contributed by atoms with Crippen molar-refractivity contribution < 1.29 is 13.2 Å². The SMILES string of the molecule is O=C(Nc1nc(-c2ccc3c(c2)CCN3S(=O)(=O)c2ccccc2)cs1)c1ccc2ccccc2c1. The number of nitrogens with zero attached hydrogens (tertiary/aromatic N) is 2. The predicted molar refractivity (Wildman–Crippen MR) is 144 cm³/mol. The Bertz CT molecular complexity index is 1710. The van der Waals surface area contributed by atoms with Crippen LogP contribution in [0.2, 0.25) is 0 Å². The van der Waals surface area contributed by atoms with E-state index in [0.717, 1.165) is 27.6 Å². The van der Waals surface area contributed by atoms with E-state index in [1.165, 1.54) is 15.6 Å². The monoisotopic (exact) mass is 511 g/mol. The molecule has 0 atom stereocenters. The third kappa shape index (κ3) is 4.04. The van der Waals surface area contributed by atoms with Crippen LogP contribution in [-0.4, -0.2) is 25.9 Å². The maximum absolute atomic E-state index is 13.1. The molecule has 6 nitrogen and oxygen atoms in total. The van der Waals surface area contributed by atoms with Gasteiger partial charge in [-0.15, -0.1) is 11.3 Å². The number of carbonyl (C=O) groups excluding carboxylic acids is 1. The van der Waals surface area contributed by atoms with E-state index in [4.69, 9.17) is 0 Å². The lowest BCUT2D eigenvalue weighted by Gasteiger charge is -2.19. The minimum Gasteiger partial charge on any atom is -0.298 e. The molecule has 1 N–H and O–H groups in total. The summed E-state index contributed by atoms with van der Waals surface area (Å²) < 4.78 is 27.7. The first-order chi connectivity index (χ1) is 17.5. The van der Waals surface area contributed by atoms with Gasteiger partial charge in [0.15, 0.2) is 5.13 Å². The second-order valence-corrected chi connectivity index (χ2v) is 11.3. The van der Waals surface area contributed by atoms with Crippen LogP contribution in [-0.2, 0) is 16.4 Å². The smallest absolute Gasteiger partial charge is 0.264 e. The third-order valence-electron chi connectivity index (χ3n) is 6.30. The number of hydrogen-bond acceptors (Lipinski definition) is 5. The standard InChI is InChI=1S/C28H21N3O3S2/c32-27(23-11-10-19-6-4-5-7-20(19)16-23)30-28-29-25(18-35-28)21-12-13-26-22(17-21)14-15-31(26)36(33,34)24-8-2-1-3-9-24/h1-13,16-18H,14-15H2,(H,29,30,32). The van der Waals surface area contributed by atoms with E-state index in [1.54, 1.807) is 30.3 Å². The molecular weight excluding hydrogens is 490 g/mol. The quantitative estimate of drug-likeness (QED) is 0.315. The summed E-state index contributed by atoms with van der Waals surface area (Å²) in [7, 11) is -3.61. The minimum absolute atomic E-state index is 0.211. The highest BCUT2D eigenvalue weighted by molar-refractivity contribution is 7.92. The molecule has 1 aliphatic heterocycles. The zero-order chi connectivity index (χ0) is 24.7. The van der Waals surface area contributed by atoms with Gasteiger partial charge in [0.1, 0.15) is 0 Å². The van der Waals surface area contributed by atoms with Crippen LogP contribution in [0.15, 0.2) is 101 Å². The highest BCUT2D eigenvalue weighted by Crippen LogP contribution is 2.36. The maximum atomic E-state index is 13.1. The van der Waals surface area contributed by atoms with Crippen molar-refractivity contribution in [1.29, 1.82) is 0 Å². The Balaban J connectivity index is 1.21. The van der Waals surface area contributed by atoms with E-state index in [9.17, 15) is 13.2 Å². The number of carbonyl (C=O) groups is 1. The Morgan fingerprint density at radius 1 is 0.889 bits per heavy atom. The van der Waals surface area contributed by atoms with Gasteiger partial charge >= 0.3 is 0 Å². The van der Waals surface area contributed by atoms with Crippen LogP contribution in [0.4, 0.5) is 10.8 Å². The van der Waals surface area contributed by atoms with Crippen molar-refractivity contribution in [2.75, 3.05) is 16.2 Å². The summed E-state index contributed by atoms with van der Waals surface area (Å²) in [5.41, 5.74) is 3.85. The molecule has 0 radical (unpaired) electrons. The summed E-state index contributed by atoms with van der Waals surface area (Å²) in [5, 5.41) is 7.38. The van der Waals surface area contributed by atoms with Crippen LogP contribution < -0.4 is 9.62 Å². The number of rotatable bonds is 5. The Labute approximate surface area is 212 Å². The number of amides is 1. The fraction of sp³-hybridized carbons (Fsp3) is 0.0714. The second-order valence-electron chi connectivity index (χ2n) is 8.54. The molecule has 0 saturated carbocycles. The van der Waals surface area contributed by atoms with E-state index in [1.807, 2.05) is 66.0 Å². The van der Waals surface area contributed by atoms with Crippen LogP contribution in [0.1, 0.15) is 15.9 Å². The molecule has 178 valence electrons. The number of aromatic nitrogens is 1. The molecule has 0 saturated heterocycles. The van der Waals surface area contributed by atoms with Crippen molar-refractivity contribution in [2.45, 2.75) is 11.3 Å². The zero-order valence-electron chi connectivity index (χ0n) is 19.1. The van der Waals surface area contributed by atoms with Gasteiger partial charge in [-0.05, 0) is 59.2 Å². The minimum atomic E-state index is -3.61. The lowest BCUT2D eigenvalue weighted by Crippen LogP contribution is -2.29. The van der Waals surface area contributed by atoms with Crippen molar-refractivity contribution in [3.05, 3.63) is 108 Å². The summed E-state index contributed by atoms with van der Waals surface area (Å²) in [6.45, 7) is 0.403. The molecule has 1 amide bonds. The van der Waals surface area contributed by atoms with E-state index in [-0.39, 0.29) is 10.8 Å². The van der Waals surface area contributed by atoms with Crippen molar-refractivity contribution in [3.8, 4) is 11.3 Å². The van der Waals surface area contributed by atoms with Crippen molar-refractivity contribution in [3.63, 3.8) is 0 Å². The Hall–Kier alpha value is -4.01. The van der Waals surface area contributed by atoms with Gasteiger partial charge in [-0.25, -0.2) is 13.4 Å². The first-order valence-electron chi connectivity index (χ1n) is 11.5. The van der Waals surface area contributed by atoms with Gasteiger partial charge in [-0.1, -0.05) is 54.6 Å². The van der Waals surface area contributed by atoms with Crippen molar-refractivity contribution in [2.24, 2.45) is 0 Å². The average molecular weight is 512 g/mol. The van der Waals surface area contributed by atoms with Crippen LogP contribution in [0, 0.1) is 0 Å². The van der Waals surface area contributed by atoms with Gasteiger partial charge in [0, 0.05) is 23.1 Å². The lowest BCUT2D eigenvalue weighted by molar-refractivity contribution is 0.102. The molecule has 0 aliphatic carbocycles. The summed E-state index contributed by atoms with van der Waals surface area (Å²) in [4.78, 5) is 17.7. The number of anilines is 2. The van der Waals surface area contributed by atoms with Crippen LogP contribution in [0.25, 0.3) is 22.0 Å². The number of benzene rings is 4. The third-order valence-corrected chi connectivity index (χ3v) is 8.88. The summed E-state index contributed by atoms with van der Waals surface area (Å²) in [6.07, 6.45) is 0.630. The van der Waals surface area contributed by atoms with Gasteiger partial charge in [0.25, 0.3) is 15.9 Å². The zero-order valence-corrected chi connectivity index (χ0v) is 20.7. The first-order valence-corrected chi connectivity index (χ1v) is 13.8. The topological polar surface area (TPSA) is 79.4 Å². The predicted octanol–water partition coefficient (Wildman–Crippen LogP) is 5.97. The molecule has 0 spiro atoms. The fourth-order valence-electron chi connectivity index (χ4n) is 4.46. The molecule has 0 unspecified atom stereocenters. The van der Waals surface area contributed by atoms with E-state index >= 15 is 0 Å². The number of fused-ring (bicyclic) bond motifs is 2. The van der Waals surface area contributed by atoms with Crippen LogP contribution in [0.5, 0.6) is 0 Å². The van der Waals surface area contributed by atoms with Crippen molar-refractivity contribution in [1.82, 2.24) is 4.98 Å². The van der Waals surface area contributed by atoms with Gasteiger partial charge in [0.2, 0.25) is 0 Å². The summed E-state index contributed by atoms with van der Waals surface area (Å²) in [6, 6.07) is 27.7. The summed E-state index contributed by atoms with van der Waals surface area (Å²) in [5.74, 6) is -0.211. The molecular formula is C28H21N3O3S2. The molecule has 36 heavy (non-hydrogen) atoms. The Kier molecular flexibility index (Phi) is 5.55. The molecule has 4 aromatic carbocycles. The average Bonchev–Trinajstić information content (AvgIpc) is 3.56. The number of sulfonamides is 1. The van der Waals surface area contributed by atoms with Gasteiger partial charge in [-0.3, -0.25) is 14.4 Å². The number of thiazole rings is 1. The van der Waals surface area contributed by atoms with E-state index in [2.05, 4.69) is 10.3 Å². The van der Waals surface area contributed by atoms with Gasteiger partial charge in [0.05, 0.1) is 16.3 Å². The van der Waals surface area contributed by atoms with E-state index < -0.39 is 10.0 Å². The second kappa shape index (κ2) is 8.89. The van der Waals surface area contributed by atoms with Crippen molar-refractivity contribution >= 4 is 48.9 Å². The molecule has 8 heteroatoms.